The molecular formula is C15H20FN3. The lowest BCUT2D eigenvalue weighted by Gasteiger charge is -2.33. The summed E-state index contributed by atoms with van der Waals surface area (Å²) in [6.45, 7) is 0.745. The van der Waals surface area contributed by atoms with Crippen molar-refractivity contribution in [1.82, 2.24) is 4.90 Å². The largest absolute Gasteiger partial charge is 0.328 e. The second-order valence-corrected chi connectivity index (χ2v) is 5.41. The average molecular weight is 261 g/mol. The molecule has 1 saturated carbocycles. The lowest BCUT2D eigenvalue weighted by molar-refractivity contribution is 0.176. The molecule has 1 fully saturated rings. The fourth-order valence-corrected chi connectivity index (χ4v) is 2.72. The van der Waals surface area contributed by atoms with Gasteiger partial charge in [0.25, 0.3) is 0 Å². The Morgan fingerprint density at radius 3 is 2.68 bits per heavy atom. The molecule has 2 rings (SSSR count). The van der Waals surface area contributed by atoms with E-state index in [0.717, 1.165) is 37.8 Å². The van der Waals surface area contributed by atoms with Crippen molar-refractivity contribution < 1.29 is 4.39 Å². The Hall–Kier alpha value is -1.44. The quantitative estimate of drug-likeness (QED) is 0.909. The Morgan fingerprint density at radius 1 is 1.37 bits per heavy atom. The van der Waals surface area contributed by atoms with Crippen LogP contribution in [0, 0.1) is 17.1 Å². The monoisotopic (exact) mass is 261 g/mol. The van der Waals surface area contributed by atoms with Crippen molar-refractivity contribution in [2.75, 3.05) is 7.05 Å². The summed E-state index contributed by atoms with van der Waals surface area (Å²) in [7, 11) is 2.08. The lowest BCUT2D eigenvalue weighted by atomic mass is 9.91. The molecule has 1 aliphatic carbocycles. The van der Waals surface area contributed by atoms with E-state index in [-0.39, 0.29) is 5.56 Å². The molecule has 0 saturated heterocycles. The fraction of sp³-hybridized carbons (Fsp3) is 0.533. The fourth-order valence-electron chi connectivity index (χ4n) is 2.72. The van der Waals surface area contributed by atoms with Gasteiger partial charge >= 0.3 is 0 Å². The van der Waals surface area contributed by atoms with E-state index in [1.54, 1.807) is 12.1 Å². The Kier molecular flexibility index (Phi) is 4.52. The Morgan fingerprint density at radius 2 is 2.05 bits per heavy atom. The topological polar surface area (TPSA) is 53.0 Å². The lowest BCUT2D eigenvalue weighted by Crippen LogP contribution is -2.38. The number of hydrogen-bond donors (Lipinski definition) is 1. The SMILES string of the molecule is CN(Cc1ccc(F)c(C#N)c1)C1CCC(N)CC1. The van der Waals surface area contributed by atoms with E-state index in [1.165, 1.54) is 6.07 Å². The molecule has 0 aromatic heterocycles. The molecule has 0 aliphatic heterocycles. The molecular weight excluding hydrogens is 241 g/mol. The first-order valence-corrected chi connectivity index (χ1v) is 6.74. The predicted octanol–water partition coefficient (Wildman–Crippen LogP) is 2.40. The molecule has 0 heterocycles. The van der Waals surface area contributed by atoms with Gasteiger partial charge in [0.1, 0.15) is 11.9 Å². The van der Waals surface area contributed by atoms with Crippen LogP contribution in [0.4, 0.5) is 4.39 Å². The summed E-state index contributed by atoms with van der Waals surface area (Å²) in [5, 5.41) is 8.84. The molecule has 2 N–H and O–H groups in total. The van der Waals surface area contributed by atoms with E-state index in [2.05, 4.69) is 11.9 Å². The van der Waals surface area contributed by atoms with Gasteiger partial charge in [-0.2, -0.15) is 5.26 Å². The van der Waals surface area contributed by atoms with Gasteiger partial charge in [0, 0.05) is 18.6 Å². The smallest absolute Gasteiger partial charge is 0.140 e. The standard InChI is InChI=1S/C15H20FN3/c1-19(14-5-3-13(18)4-6-14)10-11-2-7-15(16)12(8-11)9-17/h2,7-8,13-14H,3-6,10,18H2,1H3. The first-order chi connectivity index (χ1) is 9.10. The summed E-state index contributed by atoms with van der Waals surface area (Å²) in [5.41, 5.74) is 7.01. The van der Waals surface area contributed by atoms with Crippen LogP contribution in [0.3, 0.4) is 0 Å². The van der Waals surface area contributed by atoms with Crippen LogP contribution < -0.4 is 5.73 Å². The second-order valence-electron chi connectivity index (χ2n) is 5.41. The first-order valence-electron chi connectivity index (χ1n) is 6.74. The van der Waals surface area contributed by atoms with Crippen molar-refractivity contribution in [3.63, 3.8) is 0 Å². The summed E-state index contributed by atoms with van der Waals surface area (Å²) in [6, 6.07) is 7.53. The van der Waals surface area contributed by atoms with Gasteiger partial charge < -0.3 is 5.73 Å². The molecule has 0 bridgehead atoms. The van der Waals surface area contributed by atoms with Gasteiger partial charge in [-0.3, -0.25) is 4.90 Å². The van der Waals surface area contributed by atoms with E-state index >= 15 is 0 Å². The molecule has 1 aromatic rings. The first kappa shape index (κ1) is 14.0. The average Bonchev–Trinajstić information content (AvgIpc) is 2.41. The van der Waals surface area contributed by atoms with Crippen molar-refractivity contribution in [2.45, 2.75) is 44.3 Å². The van der Waals surface area contributed by atoms with Gasteiger partial charge in [-0.1, -0.05) is 6.07 Å². The third-order valence-corrected chi connectivity index (χ3v) is 3.95. The van der Waals surface area contributed by atoms with Gasteiger partial charge in [0.15, 0.2) is 0 Å². The third-order valence-electron chi connectivity index (χ3n) is 3.95. The highest BCUT2D eigenvalue weighted by molar-refractivity contribution is 5.34. The molecule has 4 heteroatoms. The number of hydrogen-bond acceptors (Lipinski definition) is 3. The van der Waals surface area contributed by atoms with Gasteiger partial charge in [0.2, 0.25) is 0 Å². The van der Waals surface area contributed by atoms with Gasteiger partial charge in [-0.15, -0.1) is 0 Å². The Labute approximate surface area is 113 Å². The highest BCUT2D eigenvalue weighted by atomic mass is 19.1. The minimum atomic E-state index is -0.447. The van der Waals surface area contributed by atoms with Crippen LogP contribution in [0.25, 0.3) is 0 Å². The zero-order chi connectivity index (χ0) is 13.8. The molecule has 102 valence electrons. The van der Waals surface area contributed by atoms with Crippen LogP contribution in [-0.4, -0.2) is 24.0 Å². The molecule has 0 spiro atoms. The van der Waals surface area contributed by atoms with Gasteiger partial charge in [-0.05, 0) is 50.4 Å². The maximum Gasteiger partial charge on any atom is 0.140 e. The zero-order valence-corrected chi connectivity index (χ0v) is 11.3. The van der Waals surface area contributed by atoms with Crippen LogP contribution in [0.1, 0.15) is 36.8 Å². The van der Waals surface area contributed by atoms with E-state index in [1.807, 2.05) is 6.07 Å². The predicted molar refractivity (Wildman–Crippen MR) is 72.8 cm³/mol. The molecule has 19 heavy (non-hydrogen) atoms. The highest BCUT2D eigenvalue weighted by Crippen LogP contribution is 2.22. The molecule has 0 atom stereocenters. The molecule has 3 nitrogen and oxygen atoms in total. The second kappa shape index (κ2) is 6.14. The number of nitrogens with two attached hydrogens (primary N) is 1. The van der Waals surface area contributed by atoms with E-state index in [0.29, 0.717) is 12.1 Å². The summed E-state index contributed by atoms with van der Waals surface area (Å²) in [5.74, 6) is -0.447. The van der Waals surface area contributed by atoms with Gasteiger partial charge in [0.05, 0.1) is 5.56 Å². The van der Waals surface area contributed by atoms with Crippen LogP contribution >= 0.6 is 0 Å². The van der Waals surface area contributed by atoms with Crippen LogP contribution in [-0.2, 0) is 6.54 Å². The number of halogens is 1. The molecule has 0 radical (unpaired) electrons. The van der Waals surface area contributed by atoms with E-state index in [4.69, 9.17) is 11.0 Å². The molecule has 1 aromatic carbocycles. The van der Waals surface area contributed by atoms with E-state index in [9.17, 15) is 4.39 Å². The molecule has 0 unspecified atom stereocenters. The zero-order valence-electron chi connectivity index (χ0n) is 11.3. The number of nitrogens with zero attached hydrogens (tertiary/aromatic N) is 2. The van der Waals surface area contributed by atoms with Crippen molar-refractivity contribution in [1.29, 1.82) is 5.26 Å². The van der Waals surface area contributed by atoms with Crippen LogP contribution in [0.5, 0.6) is 0 Å². The van der Waals surface area contributed by atoms with Gasteiger partial charge in [-0.25, -0.2) is 4.39 Å². The summed E-state index contributed by atoms with van der Waals surface area (Å²) < 4.78 is 13.3. The maximum atomic E-state index is 13.3. The maximum absolute atomic E-state index is 13.3. The Balaban J connectivity index is 1.99. The van der Waals surface area contributed by atoms with Crippen molar-refractivity contribution in [3.8, 4) is 6.07 Å². The summed E-state index contributed by atoms with van der Waals surface area (Å²) in [4.78, 5) is 2.28. The van der Waals surface area contributed by atoms with Crippen molar-refractivity contribution >= 4 is 0 Å². The normalized spacial score (nSPS) is 23.3. The van der Waals surface area contributed by atoms with Crippen molar-refractivity contribution in [3.05, 3.63) is 35.1 Å². The number of benzene rings is 1. The number of nitriles is 1. The number of rotatable bonds is 3. The summed E-state index contributed by atoms with van der Waals surface area (Å²) >= 11 is 0. The molecule has 0 amide bonds. The third kappa shape index (κ3) is 3.52. The van der Waals surface area contributed by atoms with E-state index < -0.39 is 5.82 Å². The van der Waals surface area contributed by atoms with Crippen molar-refractivity contribution in [2.24, 2.45) is 5.73 Å². The molecule has 1 aliphatic rings. The minimum absolute atomic E-state index is 0.122. The van der Waals surface area contributed by atoms with Crippen LogP contribution in [0.2, 0.25) is 0 Å². The Bertz CT molecular complexity index is 473. The summed E-state index contributed by atoms with van der Waals surface area (Å²) in [6.07, 6.45) is 4.37. The highest BCUT2D eigenvalue weighted by Gasteiger charge is 2.22. The van der Waals surface area contributed by atoms with Crippen LogP contribution in [0.15, 0.2) is 18.2 Å². The minimum Gasteiger partial charge on any atom is -0.328 e.